The van der Waals surface area contributed by atoms with Crippen molar-refractivity contribution in [1.82, 2.24) is 14.4 Å². The maximum atomic E-state index is 5.22. The molecule has 2 aromatic carbocycles. The molecular weight excluding hydrogens is 310 g/mol. The molecule has 0 unspecified atom stereocenters. The molecule has 0 aliphatic rings. The fourth-order valence-corrected chi connectivity index (χ4v) is 3.55. The number of rotatable bonds is 2. The number of hydrogen-bond acceptors (Lipinski definition) is 4. The lowest BCUT2D eigenvalue weighted by Gasteiger charge is -2.08. The molecule has 4 aromatic rings. The summed E-state index contributed by atoms with van der Waals surface area (Å²) < 4.78 is 2.45. The van der Waals surface area contributed by atoms with Crippen molar-refractivity contribution in [3.63, 3.8) is 0 Å². The number of nitrogens with zero attached hydrogens (tertiary/aromatic N) is 3. The summed E-state index contributed by atoms with van der Waals surface area (Å²) in [7, 11) is 0. The van der Waals surface area contributed by atoms with Crippen LogP contribution in [0.25, 0.3) is 27.6 Å². The Morgan fingerprint density at radius 2 is 1.45 bits per heavy atom. The lowest BCUT2D eigenvalue weighted by molar-refractivity contribution is 1.03. The Morgan fingerprint density at radius 1 is 0.818 bits per heavy atom. The molecule has 0 amide bonds. The average Bonchev–Trinajstić information content (AvgIpc) is 2.99. The van der Waals surface area contributed by atoms with Gasteiger partial charge in [-0.2, -0.15) is 9.97 Å². The molecule has 0 aliphatic carbocycles. The zero-order chi connectivity index (χ0) is 14.9. The molecule has 0 saturated carbocycles. The Kier molecular flexibility index (Phi) is 3.29. The molecule has 0 saturated heterocycles. The van der Waals surface area contributed by atoms with E-state index in [0.29, 0.717) is 4.77 Å². The zero-order valence-electron chi connectivity index (χ0n) is 11.5. The van der Waals surface area contributed by atoms with Gasteiger partial charge in [0.05, 0.1) is 5.69 Å². The summed E-state index contributed by atoms with van der Waals surface area (Å²) in [6.45, 7) is 0. The number of hydrogen-bond donors (Lipinski definition) is 0. The molecule has 0 fully saturated rings. The largest absolute Gasteiger partial charge is 0.268 e. The van der Waals surface area contributed by atoms with Gasteiger partial charge < -0.3 is 0 Å². The summed E-state index contributed by atoms with van der Waals surface area (Å²) in [6, 6.07) is 20.3. The summed E-state index contributed by atoms with van der Waals surface area (Å²) in [5.74, 6) is 0.829. The minimum absolute atomic E-state index is 0.375. The van der Waals surface area contributed by atoms with Gasteiger partial charge in [0.2, 0.25) is 4.77 Å². The Hall–Kier alpha value is -2.37. The van der Waals surface area contributed by atoms with E-state index in [0.717, 1.165) is 27.6 Å². The molecule has 2 aromatic heterocycles. The second kappa shape index (κ2) is 5.44. The van der Waals surface area contributed by atoms with Gasteiger partial charge in [-0.1, -0.05) is 60.7 Å². The number of aromatic nitrogens is 3. The van der Waals surface area contributed by atoms with Gasteiger partial charge in [-0.05, 0) is 17.8 Å². The van der Waals surface area contributed by atoms with Crippen LogP contribution in [-0.2, 0) is 0 Å². The first-order valence-electron chi connectivity index (χ1n) is 6.82. The van der Waals surface area contributed by atoms with Gasteiger partial charge >= 0.3 is 0 Å². The van der Waals surface area contributed by atoms with Gasteiger partial charge in [-0.25, -0.2) is 0 Å². The quantitative estimate of drug-likeness (QED) is 0.494. The van der Waals surface area contributed by atoms with E-state index in [9.17, 15) is 0 Å². The van der Waals surface area contributed by atoms with E-state index < -0.39 is 0 Å². The van der Waals surface area contributed by atoms with Crippen molar-refractivity contribution in [2.45, 2.75) is 0 Å². The van der Waals surface area contributed by atoms with E-state index in [-0.39, 0.29) is 0 Å². The van der Waals surface area contributed by atoms with Gasteiger partial charge in [0.1, 0.15) is 5.82 Å². The van der Waals surface area contributed by atoms with Crippen molar-refractivity contribution >= 4 is 28.5 Å². The first kappa shape index (κ1) is 13.3. The predicted octanol–water partition coefficient (Wildman–Crippen LogP) is 4.85. The summed E-state index contributed by atoms with van der Waals surface area (Å²) in [4.78, 5) is 9.76. The first-order valence-corrected chi connectivity index (χ1v) is 8.11. The van der Waals surface area contributed by atoms with Crippen molar-refractivity contribution < 1.29 is 0 Å². The van der Waals surface area contributed by atoms with Crippen molar-refractivity contribution in [1.29, 1.82) is 0 Å². The van der Waals surface area contributed by atoms with E-state index in [1.54, 1.807) is 11.3 Å². The van der Waals surface area contributed by atoms with Crippen molar-refractivity contribution in [3.05, 3.63) is 70.8 Å². The van der Waals surface area contributed by atoms with Gasteiger partial charge in [-0.3, -0.25) is 4.40 Å². The van der Waals surface area contributed by atoms with Crippen molar-refractivity contribution in [2.24, 2.45) is 0 Å². The average molecular weight is 321 g/mol. The van der Waals surface area contributed by atoms with E-state index in [4.69, 9.17) is 12.2 Å². The molecular formula is C17H11N3S2. The standard InChI is InChI=1S/C17H11N3S2/c21-16-18-15(13-9-5-2-6-10-13)20-14(11-22-17(20)19-16)12-7-3-1-4-8-12/h1-11H. The van der Waals surface area contributed by atoms with Crippen LogP contribution in [0.2, 0.25) is 0 Å². The molecule has 0 aliphatic heterocycles. The molecule has 0 N–H and O–H groups in total. The van der Waals surface area contributed by atoms with Crippen LogP contribution in [0.4, 0.5) is 0 Å². The van der Waals surface area contributed by atoms with Crippen molar-refractivity contribution in [3.8, 4) is 22.6 Å². The van der Waals surface area contributed by atoms with Crippen LogP contribution >= 0.6 is 23.6 Å². The molecule has 3 nitrogen and oxygen atoms in total. The molecule has 2 heterocycles. The summed E-state index contributed by atoms with van der Waals surface area (Å²) in [5, 5.41) is 2.10. The first-order chi connectivity index (χ1) is 10.8. The molecule has 0 bridgehead atoms. The highest BCUT2D eigenvalue weighted by Gasteiger charge is 2.13. The molecule has 5 heteroatoms. The molecule has 106 valence electrons. The van der Waals surface area contributed by atoms with Crippen LogP contribution in [-0.4, -0.2) is 14.4 Å². The van der Waals surface area contributed by atoms with E-state index in [2.05, 4.69) is 31.9 Å². The molecule has 0 atom stereocenters. The minimum Gasteiger partial charge on any atom is -0.268 e. The van der Waals surface area contributed by atoms with E-state index in [1.807, 2.05) is 48.5 Å². The lowest BCUT2D eigenvalue weighted by Crippen LogP contribution is -2.00. The second-order valence-electron chi connectivity index (χ2n) is 4.80. The van der Waals surface area contributed by atoms with Crippen molar-refractivity contribution in [2.75, 3.05) is 0 Å². The monoisotopic (exact) mass is 321 g/mol. The number of thiazole rings is 1. The smallest absolute Gasteiger partial charge is 0.223 e. The minimum atomic E-state index is 0.375. The summed E-state index contributed by atoms with van der Waals surface area (Å²) >= 11 is 6.80. The third kappa shape index (κ3) is 2.24. The molecule has 4 rings (SSSR count). The van der Waals surface area contributed by atoms with Gasteiger partial charge in [-0.15, -0.1) is 11.3 Å². The number of benzene rings is 2. The SMILES string of the molecule is S=c1nc(-c2ccccc2)n2c(-c3ccccc3)csc2n1. The van der Waals surface area contributed by atoms with Gasteiger partial charge in [0.25, 0.3) is 0 Å². The van der Waals surface area contributed by atoms with E-state index >= 15 is 0 Å². The Bertz CT molecular complexity index is 989. The van der Waals surface area contributed by atoms with Crippen LogP contribution in [0.5, 0.6) is 0 Å². The topological polar surface area (TPSA) is 30.2 Å². The maximum absolute atomic E-state index is 5.22. The van der Waals surface area contributed by atoms with E-state index in [1.165, 1.54) is 0 Å². The Balaban J connectivity index is 2.08. The third-order valence-electron chi connectivity index (χ3n) is 3.41. The zero-order valence-corrected chi connectivity index (χ0v) is 13.1. The molecule has 22 heavy (non-hydrogen) atoms. The fraction of sp³-hybridized carbons (Fsp3) is 0. The summed E-state index contributed by atoms with van der Waals surface area (Å²) in [5.41, 5.74) is 3.24. The van der Waals surface area contributed by atoms with Crippen LogP contribution in [0.1, 0.15) is 0 Å². The van der Waals surface area contributed by atoms with Gasteiger partial charge in [0.15, 0.2) is 4.96 Å². The highest BCUT2D eigenvalue weighted by molar-refractivity contribution is 7.71. The van der Waals surface area contributed by atoms with Crippen LogP contribution in [0, 0.1) is 4.77 Å². The lowest BCUT2D eigenvalue weighted by atomic mass is 10.1. The van der Waals surface area contributed by atoms with Crippen LogP contribution in [0.3, 0.4) is 0 Å². The normalized spacial score (nSPS) is 10.9. The highest BCUT2D eigenvalue weighted by atomic mass is 32.1. The molecule has 0 spiro atoms. The highest BCUT2D eigenvalue weighted by Crippen LogP contribution is 2.29. The second-order valence-corrected chi connectivity index (χ2v) is 6.00. The Labute approximate surface area is 136 Å². The van der Waals surface area contributed by atoms with Gasteiger partial charge in [0, 0.05) is 10.9 Å². The molecule has 0 radical (unpaired) electrons. The fourth-order valence-electron chi connectivity index (χ4n) is 2.43. The maximum Gasteiger partial charge on any atom is 0.223 e. The summed E-state index contributed by atoms with van der Waals surface area (Å²) in [6.07, 6.45) is 0. The van der Waals surface area contributed by atoms with Crippen LogP contribution in [0.15, 0.2) is 66.0 Å². The third-order valence-corrected chi connectivity index (χ3v) is 4.42. The predicted molar refractivity (Wildman–Crippen MR) is 92.6 cm³/mol. The Morgan fingerprint density at radius 3 is 2.14 bits per heavy atom. The number of fused-ring (bicyclic) bond motifs is 1. The van der Waals surface area contributed by atoms with Crippen LogP contribution < -0.4 is 0 Å².